The molecular weight excluding hydrogens is 326 g/mol. The molecule has 2 atom stereocenters. The van der Waals surface area contributed by atoms with Crippen LogP contribution in [0.3, 0.4) is 0 Å². The molecule has 2 aromatic rings. The average molecular weight is 350 g/mol. The summed E-state index contributed by atoms with van der Waals surface area (Å²) in [6.45, 7) is 2.57. The van der Waals surface area contributed by atoms with Crippen LogP contribution >= 0.6 is 12.4 Å². The van der Waals surface area contributed by atoms with Crippen molar-refractivity contribution >= 4 is 18.3 Å². The number of para-hydroxylation sites is 1. The molecule has 1 aliphatic rings. The highest BCUT2D eigenvalue weighted by molar-refractivity contribution is 5.85. The molecule has 1 heterocycles. The van der Waals surface area contributed by atoms with Gasteiger partial charge in [-0.2, -0.15) is 0 Å². The lowest BCUT2D eigenvalue weighted by Gasteiger charge is -2.19. The molecule has 1 amide bonds. The Hall–Kier alpha value is -1.92. The van der Waals surface area contributed by atoms with E-state index < -0.39 is 0 Å². The number of nitrogens with two attached hydrogens (primary N) is 1. The Balaban J connectivity index is 0.00000208. The van der Waals surface area contributed by atoms with Crippen LogP contribution in [0.2, 0.25) is 0 Å². The molecule has 1 fully saturated rings. The van der Waals surface area contributed by atoms with Crippen LogP contribution < -0.4 is 11.1 Å². The van der Waals surface area contributed by atoms with Crippen LogP contribution in [0.15, 0.2) is 30.3 Å². The van der Waals surface area contributed by atoms with Crippen LogP contribution in [-0.4, -0.2) is 33.5 Å². The van der Waals surface area contributed by atoms with Gasteiger partial charge in [-0.3, -0.25) is 4.79 Å². The molecule has 2 unspecified atom stereocenters. The Bertz CT molecular complexity index is 673. The SMILES string of the molecule is Cc1c(CC(=O)NC2CCCC2CN)nnn1-c1ccccc1.Cl. The van der Waals surface area contributed by atoms with Crippen LogP contribution in [-0.2, 0) is 11.2 Å². The second-order valence-electron chi connectivity index (χ2n) is 6.15. The zero-order chi connectivity index (χ0) is 16.2. The van der Waals surface area contributed by atoms with Crippen LogP contribution in [0.25, 0.3) is 5.69 Å². The Morgan fingerprint density at radius 3 is 2.79 bits per heavy atom. The largest absolute Gasteiger partial charge is 0.353 e. The van der Waals surface area contributed by atoms with Gasteiger partial charge in [-0.25, -0.2) is 4.68 Å². The maximum Gasteiger partial charge on any atom is 0.226 e. The van der Waals surface area contributed by atoms with E-state index in [1.165, 1.54) is 0 Å². The molecule has 1 saturated carbocycles. The first kappa shape index (κ1) is 18.4. The first-order valence-corrected chi connectivity index (χ1v) is 8.15. The Morgan fingerprint density at radius 1 is 1.33 bits per heavy atom. The molecule has 3 N–H and O–H groups in total. The minimum absolute atomic E-state index is 0. The van der Waals surface area contributed by atoms with Crippen molar-refractivity contribution in [1.29, 1.82) is 0 Å². The van der Waals surface area contributed by atoms with E-state index in [0.717, 1.165) is 30.6 Å². The summed E-state index contributed by atoms with van der Waals surface area (Å²) in [5.74, 6) is 0.401. The maximum atomic E-state index is 12.3. The van der Waals surface area contributed by atoms with E-state index in [-0.39, 0.29) is 30.8 Å². The molecule has 0 aliphatic heterocycles. The maximum absolute atomic E-state index is 12.3. The van der Waals surface area contributed by atoms with Gasteiger partial charge in [-0.05, 0) is 44.4 Å². The van der Waals surface area contributed by atoms with Gasteiger partial charge in [0, 0.05) is 6.04 Å². The molecule has 6 nitrogen and oxygen atoms in total. The second-order valence-corrected chi connectivity index (χ2v) is 6.15. The number of rotatable bonds is 5. The fraction of sp³-hybridized carbons (Fsp3) is 0.471. The molecule has 24 heavy (non-hydrogen) atoms. The summed E-state index contributed by atoms with van der Waals surface area (Å²) in [6.07, 6.45) is 3.51. The number of benzene rings is 1. The van der Waals surface area contributed by atoms with Gasteiger partial charge in [0.05, 0.1) is 23.5 Å². The number of amides is 1. The Labute approximate surface area is 148 Å². The summed E-state index contributed by atoms with van der Waals surface area (Å²) in [4.78, 5) is 12.3. The van der Waals surface area contributed by atoms with Crippen molar-refractivity contribution in [2.24, 2.45) is 11.7 Å². The highest BCUT2D eigenvalue weighted by Gasteiger charge is 2.27. The summed E-state index contributed by atoms with van der Waals surface area (Å²) in [5, 5.41) is 11.5. The number of hydrogen-bond acceptors (Lipinski definition) is 4. The summed E-state index contributed by atoms with van der Waals surface area (Å²) >= 11 is 0. The normalized spacial score (nSPS) is 19.8. The van der Waals surface area contributed by atoms with Gasteiger partial charge in [0.25, 0.3) is 0 Å². The van der Waals surface area contributed by atoms with Crippen LogP contribution in [0.4, 0.5) is 0 Å². The van der Waals surface area contributed by atoms with Crippen molar-refractivity contribution in [2.75, 3.05) is 6.54 Å². The third kappa shape index (κ3) is 3.94. The number of hydrogen-bond donors (Lipinski definition) is 2. The summed E-state index contributed by atoms with van der Waals surface area (Å²) in [6, 6.07) is 10.0. The van der Waals surface area contributed by atoms with E-state index >= 15 is 0 Å². The van der Waals surface area contributed by atoms with Gasteiger partial charge in [0.15, 0.2) is 0 Å². The van der Waals surface area contributed by atoms with Crippen molar-refractivity contribution in [3.05, 3.63) is 41.7 Å². The minimum atomic E-state index is -0.00133. The molecule has 0 spiro atoms. The first-order chi connectivity index (χ1) is 11.2. The smallest absolute Gasteiger partial charge is 0.226 e. The molecular formula is C17H24ClN5O. The molecule has 3 rings (SSSR count). The van der Waals surface area contributed by atoms with Crippen LogP contribution in [0.1, 0.15) is 30.7 Å². The van der Waals surface area contributed by atoms with Crippen molar-refractivity contribution in [3.63, 3.8) is 0 Å². The van der Waals surface area contributed by atoms with Crippen LogP contribution in [0, 0.1) is 12.8 Å². The number of carbonyl (C=O) groups is 1. The fourth-order valence-electron chi connectivity index (χ4n) is 3.26. The molecule has 0 radical (unpaired) electrons. The monoisotopic (exact) mass is 349 g/mol. The van der Waals surface area contributed by atoms with Crippen molar-refractivity contribution in [1.82, 2.24) is 20.3 Å². The fourth-order valence-corrected chi connectivity index (χ4v) is 3.26. The first-order valence-electron chi connectivity index (χ1n) is 8.15. The second kappa shape index (κ2) is 8.26. The Morgan fingerprint density at radius 2 is 2.08 bits per heavy atom. The lowest BCUT2D eigenvalue weighted by Crippen LogP contribution is -2.40. The van der Waals surface area contributed by atoms with E-state index in [1.807, 2.05) is 37.3 Å². The lowest BCUT2D eigenvalue weighted by molar-refractivity contribution is -0.121. The van der Waals surface area contributed by atoms with E-state index in [4.69, 9.17) is 5.73 Å². The quantitative estimate of drug-likeness (QED) is 0.861. The van der Waals surface area contributed by atoms with E-state index in [1.54, 1.807) is 4.68 Å². The highest BCUT2D eigenvalue weighted by atomic mass is 35.5. The third-order valence-electron chi connectivity index (χ3n) is 4.63. The number of nitrogens with zero attached hydrogens (tertiary/aromatic N) is 3. The van der Waals surface area contributed by atoms with Gasteiger partial charge in [0.1, 0.15) is 0 Å². The third-order valence-corrected chi connectivity index (χ3v) is 4.63. The number of nitrogens with one attached hydrogen (secondary N) is 1. The van der Waals surface area contributed by atoms with E-state index in [0.29, 0.717) is 18.2 Å². The molecule has 1 aromatic heterocycles. The summed E-state index contributed by atoms with van der Waals surface area (Å²) < 4.78 is 1.76. The van der Waals surface area contributed by atoms with Gasteiger partial charge in [-0.1, -0.05) is 29.8 Å². The molecule has 0 saturated heterocycles. The highest BCUT2D eigenvalue weighted by Crippen LogP contribution is 2.24. The number of halogens is 1. The van der Waals surface area contributed by atoms with Gasteiger partial charge in [-0.15, -0.1) is 17.5 Å². The average Bonchev–Trinajstić information content (AvgIpc) is 3.15. The predicted octanol–water partition coefficient (Wildman–Crippen LogP) is 1.78. The topological polar surface area (TPSA) is 85.8 Å². The predicted molar refractivity (Wildman–Crippen MR) is 95.4 cm³/mol. The Kier molecular flexibility index (Phi) is 6.34. The standard InChI is InChI=1S/C17H23N5O.ClH/c1-12-16(20-21-22(12)14-7-3-2-4-8-14)10-17(23)19-15-9-5-6-13(15)11-18;/h2-4,7-8,13,15H,5-6,9-11,18H2,1H3,(H,19,23);1H. The molecule has 1 aliphatic carbocycles. The summed E-state index contributed by atoms with van der Waals surface area (Å²) in [7, 11) is 0. The van der Waals surface area contributed by atoms with Crippen LogP contribution in [0.5, 0.6) is 0 Å². The van der Waals surface area contributed by atoms with E-state index in [2.05, 4.69) is 15.6 Å². The zero-order valence-corrected chi connectivity index (χ0v) is 14.6. The zero-order valence-electron chi connectivity index (χ0n) is 13.8. The van der Waals surface area contributed by atoms with Crippen molar-refractivity contribution in [2.45, 2.75) is 38.6 Å². The molecule has 130 valence electrons. The van der Waals surface area contributed by atoms with Gasteiger partial charge >= 0.3 is 0 Å². The number of carbonyl (C=O) groups excluding carboxylic acids is 1. The van der Waals surface area contributed by atoms with E-state index in [9.17, 15) is 4.79 Å². The molecule has 0 bridgehead atoms. The minimum Gasteiger partial charge on any atom is -0.353 e. The number of aromatic nitrogens is 3. The van der Waals surface area contributed by atoms with Gasteiger partial charge in [0.2, 0.25) is 5.91 Å². The molecule has 1 aromatic carbocycles. The van der Waals surface area contributed by atoms with Crippen molar-refractivity contribution in [3.8, 4) is 5.69 Å². The molecule has 7 heteroatoms. The summed E-state index contributed by atoms with van der Waals surface area (Å²) in [5.41, 5.74) is 8.33. The van der Waals surface area contributed by atoms with Crippen molar-refractivity contribution < 1.29 is 4.79 Å². The lowest BCUT2D eigenvalue weighted by atomic mass is 10.0. The van der Waals surface area contributed by atoms with Gasteiger partial charge < -0.3 is 11.1 Å².